The molecule has 0 heterocycles. The van der Waals surface area contributed by atoms with Gasteiger partial charge in [0, 0.05) is 19.3 Å². The zero-order valence-electron chi connectivity index (χ0n) is 14.6. The molecule has 0 aliphatic heterocycles. The SMILES string of the molecule is CC(C)(C)OC(=O)N[C@@H](Cc1ccc(OC2CC(F)C2)cc1)C(=O)O. The lowest BCUT2D eigenvalue weighted by atomic mass is 9.93. The molecule has 1 aliphatic carbocycles. The Morgan fingerprint density at radius 1 is 1.28 bits per heavy atom. The minimum Gasteiger partial charge on any atom is -0.490 e. The topological polar surface area (TPSA) is 84.9 Å². The normalized spacial score (nSPS) is 21.0. The van der Waals surface area contributed by atoms with E-state index in [1.54, 1.807) is 45.0 Å². The van der Waals surface area contributed by atoms with Crippen LogP contribution in [-0.2, 0) is 16.0 Å². The number of rotatable bonds is 6. The fourth-order valence-electron chi connectivity index (χ4n) is 2.38. The van der Waals surface area contributed by atoms with Crippen LogP contribution in [0.2, 0.25) is 0 Å². The third-order valence-corrected chi connectivity index (χ3v) is 3.69. The van der Waals surface area contributed by atoms with Crippen LogP contribution in [0.1, 0.15) is 39.2 Å². The highest BCUT2D eigenvalue weighted by Gasteiger charge is 2.30. The van der Waals surface area contributed by atoms with Crippen LogP contribution >= 0.6 is 0 Å². The van der Waals surface area contributed by atoms with Crippen LogP contribution < -0.4 is 10.1 Å². The van der Waals surface area contributed by atoms with Crippen molar-refractivity contribution in [2.45, 2.75) is 64.0 Å². The number of hydrogen-bond donors (Lipinski definition) is 2. The summed E-state index contributed by atoms with van der Waals surface area (Å²) in [6.07, 6.45) is -0.720. The van der Waals surface area contributed by atoms with Crippen molar-refractivity contribution >= 4 is 12.1 Å². The van der Waals surface area contributed by atoms with Crippen molar-refractivity contribution in [2.75, 3.05) is 0 Å². The second-order valence-corrected chi connectivity index (χ2v) is 7.19. The van der Waals surface area contributed by atoms with Crippen molar-refractivity contribution in [3.8, 4) is 5.75 Å². The van der Waals surface area contributed by atoms with Gasteiger partial charge in [-0.15, -0.1) is 0 Å². The highest BCUT2D eigenvalue weighted by atomic mass is 19.1. The van der Waals surface area contributed by atoms with E-state index >= 15 is 0 Å². The number of benzene rings is 1. The highest BCUT2D eigenvalue weighted by molar-refractivity contribution is 5.80. The van der Waals surface area contributed by atoms with E-state index in [2.05, 4.69) is 5.32 Å². The maximum atomic E-state index is 12.8. The van der Waals surface area contributed by atoms with Crippen LogP contribution in [0.3, 0.4) is 0 Å². The number of amides is 1. The van der Waals surface area contributed by atoms with Crippen LogP contribution in [0.4, 0.5) is 9.18 Å². The van der Waals surface area contributed by atoms with Gasteiger partial charge in [0.1, 0.15) is 29.7 Å². The Hall–Kier alpha value is -2.31. The van der Waals surface area contributed by atoms with Gasteiger partial charge >= 0.3 is 12.1 Å². The molecule has 0 unspecified atom stereocenters. The molecule has 0 saturated heterocycles. The summed E-state index contributed by atoms with van der Waals surface area (Å²) in [5.74, 6) is -0.526. The smallest absolute Gasteiger partial charge is 0.408 e. The van der Waals surface area contributed by atoms with Gasteiger partial charge in [-0.25, -0.2) is 14.0 Å². The van der Waals surface area contributed by atoms with Crippen molar-refractivity contribution < 1.29 is 28.6 Å². The van der Waals surface area contributed by atoms with Gasteiger partial charge in [-0.1, -0.05) is 12.1 Å². The lowest BCUT2D eigenvalue weighted by Crippen LogP contribution is -2.44. The number of nitrogens with one attached hydrogen (secondary N) is 1. The second kappa shape index (κ2) is 7.72. The largest absolute Gasteiger partial charge is 0.490 e. The number of carbonyl (C=O) groups excluding carboxylic acids is 1. The highest BCUT2D eigenvalue weighted by Crippen LogP contribution is 2.28. The molecule has 0 spiro atoms. The van der Waals surface area contributed by atoms with E-state index in [1.165, 1.54) is 0 Å². The van der Waals surface area contributed by atoms with Gasteiger partial charge in [0.2, 0.25) is 0 Å². The van der Waals surface area contributed by atoms with Crippen molar-refractivity contribution in [1.82, 2.24) is 5.32 Å². The average molecular weight is 353 g/mol. The standard InChI is InChI=1S/C18H24FNO5/c1-18(2,3)25-17(23)20-15(16(21)22)8-11-4-6-13(7-5-11)24-14-9-12(19)10-14/h4-7,12,14-15H,8-10H2,1-3H3,(H,20,23)(H,21,22)/t12?,14?,15-/m0/s1. The number of carbonyl (C=O) groups is 2. The predicted octanol–water partition coefficient (Wildman–Crippen LogP) is 3.09. The zero-order valence-corrected chi connectivity index (χ0v) is 14.6. The van der Waals surface area contributed by atoms with Crippen molar-refractivity contribution in [3.05, 3.63) is 29.8 Å². The molecule has 2 N–H and O–H groups in total. The summed E-state index contributed by atoms with van der Waals surface area (Å²) in [7, 11) is 0. The molecule has 1 fully saturated rings. The first-order chi connectivity index (χ1) is 11.6. The molecule has 1 aromatic rings. The number of carboxylic acid groups (broad SMARTS) is 1. The van der Waals surface area contributed by atoms with Crippen LogP contribution in [0.25, 0.3) is 0 Å². The van der Waals surface area contributed by atoms with Crippen molar-refractivity contribution in [2.24, 2.45) is 0 Å². The predicted molar refractivity (Wildman–Crippen MR) is 89.5 cm³/mol. The summed E-state index contributed by atoms with van der Waals surface area (Å²) < 4.78 is 23.5. The Balaban J connectivity index is 1.90. The van der Waals surface area contributed by atoms with E-state index in [0.29, 0.717) is 18.6 Å². The third-order valence-electron chi connectivity index (χ3n) is 3.69. The first-order valence-corrected chi connectivity index (χ1v) is 8.24. The third kappa shape index (κ3) is 6.25. The second-order valence-electron chi connectivity index (χ2n) is 7.19. The van der Waals surface area contributed by atoms with E-state index in [4.69, 9.17) is 9.47 Å². The van der Waals surface area contributed by atoms with Gasteiger partial charge < -0.3 is 19.9 Å². The maximum Gasteiger partial charge on any atom is 0.408 e. The minimum atomic E-state index is -1.14. The van der Waals surface area contributed by atoms with Gasteiger partial charge in [0.15, 0.2) is 0 Å². The lowest BCUT2D eigenvalue weighted by molar-refractivity contribution is -0.139. The molecule has 1 aliphatic rings. The molecular formula is C18H24FNO5. The number of alkyl carbamates (subject to hydrolysis) is 1. The summed E-state index contributed by atoms with van der Waals surface area (Å²) in [5.41, 5.74) is 0.0273. The number of halogens is 1. The molecule has 7 heteroatoms. The monoisotopic (exact) mass is 353 g/mol. The summed E-state index contributed by atoms with van der Waals surface area (Å²) >= 11 is 0. The van der Waals surface area contributed by atoms with Gasteiger partial charge in [-0.05, 0) is 38.5 Å². The molecule has 1 saturated carbocycles. The number of aliphatic carboxylic acids is 1. The van der Waals surface area contributed by atoms with Crippen LogP contribution in [0.5, 0.6) is 5.75 Å². The van der Waals surface area contributed by atoms with E-state index in [9.17, 15) is 19.1 Å². The van der Waals surface area contributed by atoms with E-state index < -0.39 is 29.9 Å². The van der Waals surface area contributed by atoms with Crippen LogP contribution in [0.15, 0.2) is 24.3 Å². The Bertz CT molecular complexity index is 605. The van der Waals surface area contributed by atoms with E-state index in [1.807, 2.05) is 0 Å². The Morgan fingerprint density at radius 2 is 1.88 bits per heavy atom. The molecule has 138 valence electrons. The van der Waals surface area contributed by atoms with E-state index in [0.717, 1.165) is 5.56 Å². The summed E-state index contributed by atoms with van der Waals surface area (Å²) in [4.78, 5) is 23.1. The zero-order chi connectivity index (χ0) is 18.6. The van der Waals surface area contributed by atoms with Crippen LogP contribution in [-0.4, -0.2) is 41.1 Å². The lowest BCUT2D eigenvalue weighted by Gasteiger charge is -2.30. The molecule has 1 amide bonds. The number of ether oxygens (including phenoxy) is 2. The molecule has 25 heavy (non-hydrogen) atoms. The molecule has 0 bridgehead atoms. The quantitative estimate of drug-likeness (QED) is 0.821. The Morgan fingerprint density at radius 3 is 2.36 bits per heavy atom. The molecule has 1 aromatic carbocycles. The van der Waals surface area contributed by atoms with Gasteiger partial charge in [-0.2, -0.15) is 0 Å². The maximum absolute atomic E-state index is 12.8. The van der Waals surface area contributed by atoms with Gasteiger partial charge in [0.05, 0.1) is 0 Å². The summed E-state index contributed by atoms with van der Waals surface area (Å²) in [6.45, 7) is 5.11. The van der Waals surface area contributed by atoms with E-state index in [-0.39, 0.29) is 12.5 Å². The first-order valence-electron chi connectivity index (χ1n) is 8.24. The molecule has 1 atom stereocenters. The van der Waals surface area contributed by atoms with Gasteiger partial charge in [-0.3, -0.25) is 0 Å². The molecular weight excluding hydrogens is 329 g/mol. The average Bonchev–Trinajstić information content (AvgIpc) is 2.44. The molecule has 6 nitrogen and oxygen atoms in total. The minimum absolute atomic E-state index is 0.0959. The summed E-state index contributed by atoms with van der Waals surface area (Å²) in [6, 6.07) is 5.79. The molecule has 0 radical (unpaired) electrons. The molecule has 0 aromatic heterocycles. The van der Waals surface area contributed by atoms with Crippen LogP contribution in [0, 0.1) is 0 Å². The Labute approximate surface area is 146 Å². The molecule has 2 rings (SSSR count). The van der Waals surface area contributed by atoms with Gasteiger partial charge in [0.25, 0.3) is 0 Å². The fraction of sp³-hybridized carbons (Fsp3) is 0.556. The Kier molecular flexibility index (Phi) is 5.87. The first kappa shape index (κ1) is 19.0. The van der Waals surface area contributed by atoms with Crippen molar-refractivity contribution in [3.63, 3.8) is 0 Å². The number of alkyl halides is 1. The van der Waals surface area contributed by atoms with Crippen molar-refractivity contribution in [1.29, 1.82) is 0 Å². The summed E-state index contributed by atoms with van der Waals surface area (Å²) in [5, 5.41) is 11.6. The number of hydrogen-bond acceptors (Lipinski definition) is 4. The fourth-order valence-corrected chi connectivity index (χ4v) is 2.38. The number of carboxylic acids is 1.